The van der Waals surface area contributed by atoms with Crippen molar-refractivity contribution in [2.75, 3.05) is 11.9 Å². The van der Waals surface area contributed by atoms with E-state index in [-0.39, 0.29) is 53.2 Å². The first kappa shape index (κ1) is 20.8. The van der Waals surface area contributed by atoms with Crippen molar-refractivity contribution in [3.05, 3.63) is 56.2 Å². The van der Waals surface area contributed by atoms with Crippen molar-refractivity contribution >= 4 is 5.69 Å². The van der Waals surface area contributed by atoms with Gasteiger partial charge in [0.2, 0.25) is 5.88 Å². The number of fused-ring (bicyclic) bond motifs is 2. The number of para-hydroxylation sites is 1. The first-order chi connectivity index (χ1) is 16.3. The molecule has 0 radical (unpaired) electrons. The van der Waals surface area contributed by atoms with Crippen LogP contribution in [0.4, 0.5) is 5.69 Å². The molecule has 5 aliphatic heterocycles. The molecule has 34 heavy (non-hydrogen) atoms. The minimum Gasteiger partial charge on any atom is -0.494 e. The van der Waals surface area contributed by atoms with Gasteiger partial charge in [0.1, 0.15) is 0 Å². The van der Waals surface area contributed by atoms with E-state index in [1.165, 1.54) is 29.9 Å². The maximum absolute atomic E-state index is 13.4. The molecule has 5 fully saturated rings. The van der Waals surface area contributed by atoms with Crippen LogP contribution in [0.15, 0.2) is 33.9 Å². The molecular weight excluding hydrogens is 432 g/mol. The minimum absolute atomic E-state index is 0.116. The molecule has 4 saturated heterocycles. The van der Waals surface area contributed by atoms with Gasteiger partial charge in [-0.05, 0) is 36.3 Å². The molecule has 8 nitrogen and oxygen atoms in total. The van der Waals surface area contributed by atoms with Crippen LogP contribution >= 0.6 is 0 Å². The van der Waals surface area contributed by atoms with Crippen molar-refractivity contribution in [3.63, 3.8) is 0 Å². The molecule has 8 heteroatoms. The molecule has 1 aromatic heterocycles. The lowest BCUT2D eigenvalue weighted by Crippen LogP contribution is -2.70. The Morgan fingerprint density at radius 2 is 1.82 bits per heavy atom. The Morgan fingerprint density at radius 1 is 1.09 bits per heavy atom. The zero-order valence-corrected chi connectivity index (χ0v) is 20.0. The molecule has 1 aromatic carbocycles. The third kappa shape index (κ3) is 1.98. The van der Waals surface area contributed by atoms with Gasteiger partial charge >= 0.3 is 5.69 Å². The summed E-state index contributed by atoms with van der Waals surface area (Å²) in [6.45, 7) is 2.14. The number of anilines is 1. The minimum atomic E-state index is -0.516. The smallest absolute Gasteiger partial charge is 0.333 e. The number of aromatic hydroxyl groups is 1. The highest BCUT2D eigenvalue weighted by atomic mass is 16.3. The predicted molar refractivity (Wildman–Crippen MR) is 127 cm³/mol. The molecule has 6 aliphatic rings. The van der Waals surface area contributed by atoms with E-state index in [0.29, 0.717) is 5.56 Å². The molecular formula is C26H32N4O4. The number of aromatic nitrogens is 2. The number of hydrogen-bond acceptors (Lipinski definition) is 6. The average molecular weight is 465 g/mol. The van der Waals surface area contributed by atoms with Gasteiger partial charge in [-0.3, -0.25) is 18.8 Å². The molecule has 0 amide bonds. The van der Waals surface area contributed by atoms with E-state index in [4.69, 9.17) is 0 Å². The number of aliphatic hydroxyl groups is 1. The number of hydrogen-bond donors (Lipinski definition) is 2. The van der Waals surface area contributed by atoms with Crippen molar-refractivity contribution in [1.82, 2.24) is 14.0 Å². The molecule has 1 spiro atoms. The maximum Gasteiger partial charge on any atom is 0.333 e. The topological polar surface area (TPSA) is 90.9 Å². The van der Waals surface area contributed by atoms with Crippen molar-refractivity contribution in [3.8, 4) is 5.88 Å². The zero-order chi connectivity index (χ0) is 23.8. The van der Waals surface area contributed by atoms with E-state index in [0.717, 1.165) is 23.8 Å². The highest BCUT2D eigenvalue weighted by molar-refractivity contribution is 5.67. The van der Waals surface area contributed by atoms with E-state index in [2.05, 4.69) is 48.0 Å². The van der Waals surface area contributed by atoms with E-state index >= 15 is 0 Å². The van der Waals surface area contributed by atoms with Crippen LogP contribution in [0, 0.1) is 17.8 Å². The lowest BCUT2D eigenvalue weighted by molar-refractivity contribution is -0.143. The third-order valence-corrected chi connectivity index (χ3v) is 10.5. The fourth-order valence-electron chi connectivity index (χ4n) is 9.41. The normalized spacial score (nSPS) is 42.9. The van der Waals surface area contributed by atoms with Gasteiger partial charge in [0.05, 0.1) is 17.7 Å². The lowest BCUT2D eigenvalue weighted by Gasteiger charge is -2.64. The molecule has 10 atom stereocenters. The van der Waals surface area contributed by atoms with Crippen molar-refractivity contribution in [1.29, 1.82) is 0 Å². The standard InChI is InChI=1S/C26H32N4O4/c1-5-12-13-10-16-21-26(14-8-6-7-9-15(14)27(21)2)11-17(18(13)22(26)31)30(16)20(12)19-23(32)28(3)25(34)29(4)24(19)33/h6-9,12-13,16-18,20-22,31-32H,5,10-11H2,1-4H3/t12-,13+,16+,17-,18+,20-,21-,22+,26+/m0/s1. The van der Waals surface area contributed by atoms with Gasteiger partial charge in [-0.15, -0.1) is 0 Å². The third-order valence-electron chi connectivity index (χ3n) is 10.5. The Kier molecular flexibility index (Phi) is 3.87. The summed E-state index contributed by atoms with van der Waals surface area (Å²) in [5.74, 6) is 0.350. The van der Waals surface area contributed by atoms with Crippen LogP contribution in [0.1, 0.15) is 43.4 Å². The molecule has 1 saturated carbocycles. The van der Waals surface area contributed by atoms with Gasteiger partial charge < -0.3 is 15.1 Å². The number of nitrogens with zero attached hydrogens (tertiary/aromatic N) is 4. The predicted octanol–water partition coefficient (Wildman–Crippen LogP) is 1.08. The van der Waals surface area contributed by atoms with Crippen molar-refractivity contribution in [2.45, 2.75) is 61.9 Å². The fraction of sp³-hybridized carbons (Fsp3) is 0.615. The summed E-state index contributed by atoms with van der Waals surface area (Å²) in [5.41, 5.74) is 1.59. The Bertz CT molecular complexity index is 1350. The first-order valence-corrected chi connectivity index (χ1v) is 12.5. The number of rotatable bonds is 2. The molecule has 2 N–H and O–H groups in total. The van der Waals surface area contributed by atoms with Gasteiger partial charge in [0.25, 0.3) is 5.56 Å². The number of likely N-dealkylation sites (N-methyl/N-ethyl adjacent to an activating group) is 1. The Labute approximate surface area is 198 Å². The second-order valence-electron chi connectivity index (χ2n) is 11.3. The molecule has 2 aromatic rings. The van der Waals surface area contributed by atoms with E-state index in [1.54, 1.807) is 0 Å². The number of piperidine rings is 4. The largest absolute Gasteiger partial charge is 0.494 e. The highest BCUT2D eigenvalue weighted by Gasteiger charge is 2.76. The van der Waals surface area contributed by atoms with Crippen molar-refractivity contribution < 1.29 is 10.2 Å². The number of benzene rings is 1. The molecule has 6 heterocycles. The van der Waals surface area contributed by atoms with Crippen LogP contribution in [0.3, 0.4) is 0 Å². The van der Waals surface area contributed by atoms with Crippen LogP contribution in [0.5, 0.6) is 5.88 Å². The summed E-state index contributed by atoms with van der Waals surface area (Å²) in [7, 11) is 5.15. The Morgan fingerprint density at radius 3 is 2.56 bits per heavy atom. The SMILES string of the molecule is CC[C@H]1[C@H]2C[C@@H]3[C@@H]4N(C)c5ccccc5[C@]45C[C@@H]([C@@H]2[C@H]5O)N3[C@@H]1c1c(O)n(C)c(=O)n(C)c1=O. The molecule has 1 unspecified atom stereocenters. The molecule has 1 aliphatic carbocycles. The first-order valence-electron chi connectivity index (χ1n) is 12.5. The Balaban J connectivity index is 1.47. The lowest BCUT2D eigenvalue weighted by atomic mass is 9.59. The van der Waals surface area contributed by atoms with Crippen molar-refractivity contribution in [2.24, 2.45) is 31.8 Å². The second kappa shape index (κ2) is 6.34. The van der Waals surface area contributed by atoms with Crippen LogP contribution in [-0.4, -0.2) is 55.5 Å². The summed E-state index contributed by atoms with van der Waals surface area (Å²) >= 11 is 0. The van der Waals surface area contributed by atoms with Gasteiger partial charge in [0, 0.05) is 56.3 Å². The fourth-order valence-corrected chi connectivity index (χ4v) is 9.41. The van der Waals surface area contributed by atoms with Gasteiger partial charge in [-0.1, -0.05) is 31.5 Å². The van der Waals surface area contributed by atoms with Gasteiger partial charge in [-0.25, -0.2) is 4.79 Å². The Hall–Kier alpha value is -2.58. The van der Waals surface area contributed by atoms with Crippen LogP contribution in [-0.2, 0) is 19.5 Å². The highest BCUT2D eigenvalue weighted by Crippen LogP contribution is 2.71. The van der Waals surface area contributed by atoms with Gasteiger partial charge in [-0.2, -0.15) is 0 Å². The van der Waals surface area contributed by atoms with E-state index in [9.17, 15) is 19.8 Å². The molecule has 8 rings (SSSR count). The number of aliphatic hydroxyl groups excluding tert-OH is 1. The quantitative estimate of drug-likeness (QED) is 0.691. The molecule has 5 bridgehead atoms. The van der Waals surface area contributed by atoms with E-state index < -0.39 is 17.4 Å². The molecule has 180 valence electrons. The summed E-state index contributed by atoms with van der Waals surface area (Å²) in [4.78, 5) is 30.8. The monoisotopic (exact) mass is 464 g/mol. The average Bonchev–Trinajstić information content (AvgIpc) is 3.23. The van der Waals surface area contributed by atoms with Crippen LogP contribution in [0.25, 0.3) is 0 Å². The van der Waals surface area contributed by atoms with Gasteiger partial charge in [0.15, 0.2) is 0 Å². The van der Waals surface area contributed by atoms with E-state index in [1.807, 2.05) is 0 Å². The van der Waals surface area contributed by atoms with Crippen LogP contribution in [0.2, 0.25) is 0 Å². The summed E-state index contributed by atoms with van der Waals surface area (Å²) < 4.78 is 2.31. The zero-order valence-electron chi connectivity index (χ0n) is 20.0. The second-order valence-corrected chi connectivity index (χ2v) is 11.3. The summed E-state index contributed by atoms with van der Waals surface area (Å²) in [6.07, 6.45) is 2.27. The van der Waals surface area contributed by atoms with Crippen LogP contribution < -0.4 is 16.1 Å². The summed E-state index contributed by atoms with van der Waals surface area (Å²) in [6, 6.07) is 8.68. The maximum atomic E-state index is 13.4. The summed E-state index contributed by atoms with van der Waals surface area (Å²) in [5, 5.41) is 23.1.